The molecule has 80 valence electrons. The van der Waals surface area contributed by atoms with E-state index in [1.54, 1.807) is 0 Å². The van der Waals surface area contributed by atoms with Crippen molar-refractivity contribution in [2.45, 2.75) is 33.2 Å². The van der Waals surface area contributed by atoms with Gasteiger partial charge in [0.05, 0.1) is 0 Å². The molecule has 2 fully saturated rings. The van der Waals surface area contributed by atoms with Crippen molar-refractivity contribution in [2.24, 2.45) is 23.0 Å². The number of rotatable bonds is 1. The molecule has 0 radical (unpaired) electrons. The minimum absolute atomic E-state index is 0.103. The molecule has 2 N–H and O–H groups in total. The normalized spacial score (nSPS) is 35.7. The molecule has 1 aliphatic carbocycles. The molecule has 1 saturated heterocycles. The molecule has 0 aromatic rings. The van der Waals surface area contributed by atoms with Crippen molar-refractivity contribution in [3.05, 3.63) is 0 Å². The Labute approximate surface area is 85.6 Å². The predicted molar refractivity (Wildman–Crippen MR) is 55.6 cm³/mol. The van der Waals surface area contributed by atoms with Crippen LogP contribution >= 0.6 is 0 Å². The van der Waals surface area contributed by atoms with E-state index in [2.05, 4.69) is 20.8 Å². The molecule has 1 saturated carbocycles. The molecule has 2 aliphatic rings. The lowest BCUT2D eigenvalue weighted by atomic mass is 9.91. The van der Waals surface area contributed by atoms with E-state index < -0.39 is 0 Å². The van der Waals surface area contributed by atoms with E-state index in [1.165, 1.54) is 0 Å². The smallest absolute Gasteiger partial charge is 0.223 e. The Morgan fingerprint density at radius 2 is 1.86 bits per heavy atom. The fraction of sp³-hybridized carbons (Fsp3) is 0.909. The van der Waals surface area contributed by atoms with Gasteiger partial charge in [0.25, 0.3) is 0 Å². The molecule has 3 heteroatoms. The van der Waals surface area contributed by atoms with Crippen LogP contribution in [0.1, 0.15) is 27.2 Å². The summed E-state index contributed by atoms with van der Waals surface area (Å²) in [5.41, 5.74) is 5.93. The van der Waals surface area contributed by atoms with Gasteiger partial charge >= 0.3 is 0 Å². The van der Waals surface area contributed by atoms with Gasteiger partial charge in [-0.3, -0.25) is 4.79 Å². The number of likely N-dealkylation sites (tertiary alicyclic amines) is 1. The van der Waals surface area contributed by atoms with Gasteiger partial charge in [-0.05, 0) is 17.3 Å². The molecule has 0 spiro atoms. The quantitative estimate of drug-likeness (QED) is 0.675. The average Bonchev–Trinajstić information content (AvgIpc) is 2.47. The minimum atomic E-state index is 0.103. The van der Waals surface area contributed by atoms with Crippen LogP contribution in [0, 0.1) is 17.3 Å². The number of carbonyl (C=O) groups excluding carboxylic acids is 1. The topological polar surface area (TPSA) is 46.3 Å². The molecule has 1 amide bonds. The lowest BCUT2D eigenvalue weighted by Gasteiger charge is -2.24. The molecule has 14 heavy (non-hydrogen) atoms. The van der Waals surface area contributed by atoms with E-state index in [1.807, 2.05) is 4.90 Å². The number of fused-ring (bicyclic) bond motifs is 1. The van der Waals surface area contributed by atoms with Crippen molar-refractivity contribution in [1.29, 1.82) is 0 Å². The minimum Gasteiger partial charge on any atom is -0.342 e. The van der Waals surface area contributed by atoms with Crippen LogP contribution in [-0.2, 0) is 4.79 Å². The highest BCUT2D eigenvalue weighted by molar-refractivity contribution is 5.77. The van der Waals surface area contributed by atoms with Gasteiger partial charge in [-0.15, -0.1) is 0 Å². The molecule has 1 heterocycles. The van der Waals surface area contributed by atoms with E-state index in [9.17, 15) is 4.79 Å². The highest BCUT2D eigenvalue weighted by Gasteiger charge is 2.54. The Bertz CT molecular complexity index is 245. The van der Waals surface area contributed by atoms with Crippen LogP contribution in [0.2, 0.25) is 0 Å². The van der Waals surface area contributed by atoms with Crippen LogP contribution < -0.4 is 5.73 Å². The SMILES string of the molecule is CC(C)(C)CC(=O)N1C[C@@H]2C(N)[C@@H]2C1. The van der Waals surface area contributed by atoms with Gasteiger partial charge in [0.2, 0.25) is 5.91 Å². The van der Waals surface area contributed by atoms with Crippen LogP contribution in [0.3, 0.4) is 0 Å². The Balaban J connectivity index is 1.84. The number of nitrogens with zero attached hydrogens (tertiary/aromatic N) is 1. The van der Waals surface area contributed by atoms with Crippen molar-refractivity contribution >= 4 is 5.91 Å². The number of nitrogens with two attached hydrogens (primary N) is 1. The lowest BCUT2D eigenvalue weighted by molar-refractivity contribution is -0.132. The number of hydrogen-bond donors (Lipinski definition) is 1. The number of hydrogen-bond acceptors (Lipinski definition) is 2. The predicted octanol–water partition coefficient (Wildman–Crippen LogP) is 0.838. The monoisotopic (exact) mass is 196 g/mol. The first-order chi connectivity index (χ1) is 6.38. The van der Waals surface area contributed by atoms with Gasteiger partial charge in [0, 0.05) is 25.6 Å². The standard InChI is InChI=1S/C11H20N2O/c1-11(2,3)4-9(14)13-5-7-8(6-13)10(7)12/h7-8,10H,4-6,12H2,1-3H3/t7-,8+,10?. The van der Waals surface area contributed by atoms with Crippen LogP contribution in [0.25, 0.3) is 0 Å². The second kappa shape index (κ2) is 2.96. The summed E-state index contributed by atoms with van der Waals surface area (Å²) >= 11 is 0. The molecule has 2 rings (SSSR count). The van der Waals surface area contributed by atoms with Crippen LogP contribution in [0.15, 0.2) is 0 Å². The summed E-state index contributed by atoms with van der Waals surface area (Å²) in [5.74, 6) is 1.52. The van der Waals surface area contributed by atoms with E-state index in [-0.39, 0.29) is 5.41 Å². The van der Waals surface area contributed by atoms with Crippen molar-refractivity contribution < 1.29 is 4.79 Å². The highest BCUT2D eigenvalue weighted by atomic mass is 16.2. The van der Waals surface area contributed by atoms with E-state index in [4.69, 9.17) is 5.73 Å². The second-order valence-corrected chi connectivity index (χ2v) is 5.94. The third-order valence-corrected chi connectivity index (χ3v) is 3.29. The molecule has 3 nitrogen and oxygen atoms in total. The third-order valence-electron chi connectivity index (χ3n) is 3.29. The van der Waals surface area contributed by atoms with Crippen molar-refractivity contribution in [3.63, 3.8) is 0 Å². The van der Waals surface area contributed by atoms with Crippen LogP contribution in [0.4, 0.5) is 0 Å². The molecule has 3 atom stereocenters. The molecule has 0 bridgehead atoms. The highest BCUT2D eigenvalue weighted by Crippen LogP contribution is 2.44. The summed E-state index contributed by atoms with van der Waals surface area (Å²) in [6.45, 7) is 8.12. The van der Waals surface area contributed by atoms with Gasteiger partial charge < -0.3 is 10.6 Å². The Kier molecular flexibility index (Phi) is 2.11. The zero-order valence-electron chi connectivity index (χ0n) is 9.29. The fourth-order valence-corrected chi connectivity index (χ4v) is 2.34. The summed E-state index contributed by atoms with van der Waals surface area (Å²) in [6.07, 6.45) is 0.654. The Hall–Kier alpha value is -0.570. The zero-order chi connectivity index (χ0) is 10.5. The first-order valence-electron chi connectivity index (χ1n) is 5.42. The summed E-state index contributed by atoms with van der Waals surface area (Å²) in [4.78, 5) is 13.8. The van der Waals surface area contributed by atoms with Crippen LogP contribution in [-0.4, -0.2) is 29.9 Å². The summed E-state index contributed by atoms with van der Waals surface area (Å²) in [5, 5.41) is 0. The second-order valence-electron chi connectivity index (χ2n) is 5.94. The van der Waals surface area contributed by atoms with Gasteiger partial charge in [-0.2, -0.15) is 0 Å². The molecule has 0 aromatic heterocycles. The zero-order valence-corrected chi connectivity index (χ0v) is 9.29. The number of piperidine rings is 1. The Morgan fingerprint density at radius 1 is 1.36 bits per heavy atom. The molecule has 1 aliphatic heterocycles. The van der Waals surface area contributed by atoms with Crippen molar-refractivity contribution in [3.8, 4) is 0 Å². The molecular weight excluding hydrogens is 176 g/mol. The summed E-state index contributed by atoms with van der Waals surface area (Å²) in [6, 6.07) is 0.383. The number of amides is 1. The Morgan fingerprint density at radius 3 is 2.29 bits per heavy atom. The first kappa shape index (κ1) is 9.97. The van der Waals surface area contributed by atoms with Crippen molar-refractivity contribution in [2.75, 3.05) is 13.1 Å². The third kappa shape index (κ3) is 1.78. The van der Waals surface area contributed by atoms with Gasteiger partial charge in [0.15, 0.2) is 0 Å². The average molecular weight is 196 g/mol. The fourth-order valence-electron chi connectivity index (χ4n) is 2.34. The maximum absolute atomic E-state index is 11.8. The van der Waals surface area contributed by atoms with E-state index >= 15 is 0 Å². The van der Waals surface area contributed by atoms with Crippen molar-refractivity contribution in [1.82, 2.24) is 4.90 Å². The maximum Gasteiger partial charge on any atom is 0.223 e. The molecule has 0 aromatic carbocycles. The lowest BCUT2D eigenvalue weighted by Crippen LogP contribution is -2.35. The maximum atomic E-state index is 11.8. The first-order valence-corrected chi connectivity index (χ1v) is 5.42. The van der Waals surface area contributed by atoms with Gasteiger partial charge in [-0.25, -0.2) is 0 Å². The molecule has 1 unspecified atom stereocenters. The molecular formula is C11H20N2O. The van der Waals surface area contributed by atoms with Gasteiger partial charge in [0.1, 0.15) is 0 Å². The summed E-state index contributed by atoms with van der Waals surface area (Å²) in [7, 11) is 0. The largest absolute Gasteiger partial charge is 0.342 e. The van der Waals surface area contributed by atoms with E-state index in [0.717, 1.165) is 13.1 Å². The van der Waals surface area contributed by atoms with E-state index in [0.29, 0.717) is 30.2 Å². The number of carbonyl (C=O) groups is 1. The summed E-state index contributed by atoms with van der Waals surface area (Å²) < 4.78 is 0. The van der Waals surface area contributed by atoms with Crippen LogP contribution in [0.5, 0.6) is 0 Å². The van der Waals surface area contributed by atoms with Gasteiger partial charge in [-0.1, -0.05) is 20.8 Å².